The SMILES string of the molecule is Cc1ccccc1C(CC=O)C1CC1. The minimum absolute atomic E-state index is 0.480. The molecule has 0 saturated heterocycles. The summed E-state index contributed by atoms with van der Waals surface area (Å²) in [6, 6.07) is 8.43. The molecule has 1 nitrogen and oxygen atoms in total. The van der Waals surface area contributed by atoms with Gasteiger partial charge in [-0.2, -0.15) is 0 Å². The number of hydrogen-bond acceptors (Lipinski definition) is 1. The molecule has 0 N–H and O–H groups in total. The van der Waals surface area contributed by atoms with Gasteiger partial charge in [0.25, 0.3) is 0 Å². The van der Waals surface area contributed by atoms with Crippen LogP contribution in [0.1, 0.15) is 36.3 Å². The molecule has 1 aliphatic carbocycles. The molecule has 0 bridgehead atoms. The molecule has 0 aromatic heterocycles. The van der Waals surface area contributed by atoms with Gasteiger partial charge in [-0.1, -0.05) is 24.3 Å². The van der Waals surface area contributed by atoms with Gasteiger partial charge >= 0.3 is 0 Å². The minimum atomic E-state index is 0.480. The average Bonchev–Trinajstić information content (AvgIpc) is 2.99. The van der Waals surface area contributed by atoms with E-state index in [0.717, 1.165) is 12.2 Å². The lowest BCUT2D eigenvalue weighted by atomic mass is 9.88. The van der Waals surface area contributed by atoms with Gasteiger partial charge in [0.05, 0.1) is 0 Å². The topological polar surface area (TPSA) is 17.1 Å². The fourth-order valence-electron chi connectivity index (χ4n) is 2.18. The van der Waals surface area contributed by atoms with E-state index < -0.39 is 0 Å². The van der Waals surface area contributed by atoms with Crippen LogP contribution in [0.4, 0.5) is 0 Å². The standard InChI is InChI=1S/C13H16O/c1-10-4-2-3-5-12(10)13(8-9-14)11-6-7-11/h2-5,9,11,13H,6-8H2,1H3. The predicted molar refractivity (Wildman–Crippen MR) is 57.3 cm³/mol. The monoisotopic (exact) mass is 188 g/mol. The van der Waals surface area contributed by atoms with Crippen molar-refractivity contribution in [3.05, 3.63) is 35.4 Å². The second kappa shape index (κ2) is 3.95. The zero-order valence-corrected chi connectivity index (χ0v) is 8.57. The number of aldehydes is 1. The van der Waals surface area contributed by atoms with Gasteiger partial charge in [0, 0.05) is 6.42 Å². The Morgan fingerprint density at radius 1 is 1.43 bits per heavy atom. The highest BCUT2D eigenvalue weighted by Crippen LogP contribution is 2.44. The highest BCUT2D eigenvalue weighted by atomic mass is 16.1. The molecule has 1 unspecified atom stereocenters. The van der Waals surface area contributed by atoms with Gasteiger partial charge < -0.3 is 4.79 Å². The number of aryl methyl sites for hydroxylation is 1. The van der Waals surface area contributed by atoms with Gasteiger partial charge in [0.15, 0.2) is 0 Å². The van der Waals surface area contributed by atoms with Crippen LogP contribution in [0, 0.1) is 12.8 Å². The summed E-state index contributed by atoms with van der Waals surface area (Å²) in [7, 11) is 0. The first-order valence-corrected chi connectivity index (χ1v) is 5.32. The van der Waals surface area contributed by atoms with Crippen molar-refractivity contribution in [3.63, 3.8) is 0 Å². The molecule has 1 aromatic carbocycles. The van der Waals surface area contributed by atoms with Crippen molar-refractivity contribution >= 4 is 6.29 Å². The lowest BCUT2D eigenvalue weighted by Gasteiger charge is -2.15. The molecular weight excluding hydrogens is 172 g/mol. The molecule has 0 heterocycles. The van der Waals surface area contributed by atoms with E-state index in [0.29, 0.717) is 12.3 Å². The third-order valence-electron chi connectivity index (χ3n) is 3.13. The second-order valence-corrected chi connectivity index (χ2v) is 4.20. The van der Waals surface area contributed by atoms with Crippen molar-refractivity contribution in [2.75, 3.05) is 0 Å². The Balaban J connectivity index is 2.25. The zero-order valence-electron chi connectivity index (χ0n) is 8.57. The van der Waals surface area contributed by atoms with Gasteiger partial charge in [-0.15, -0.1) is 0 Å². The van der Waals surface area contributed by atoms with Gasteiger partial charge in [-0.25, -0.2) is 0 Å². The normalized spacial score (nSPS) is 17.8. The number of carbonyl (C=O) groups is 1. The summed E-state index contributed by atoms with van der Waals surface area (Å²) in [5, 5.41) is 0. The van der Waals surface area contributed by atoms with Crippen LogP contribution in [0.15, 0.2) is 24.3 Å². The summed E-state index contributed by atoms with van der Waals surface area (Å²) in [5.41, 5.74) is 2.70. The molecule has 74 valence electrons. The highest BCUT2D eigenvalue weighted by molar-refractivity contribution is 5.52. The predicted octanol–water partition coefficient (Wildman–Crippen LogP) is 3.08. The summed E-state index contributed by atoms with van der Waals surface area (Å²) in [5.74, 6) is 1.25. The summed E-state index contributed by atoms with van der Waals surface area (Å²) < 4.78 is 0. The van der Waals surface area contributed by atoms with E-state index >= 15 is 0 Å². The molecule has 1 fully saturated rings. The van der Waals surface area contributed by atoms with Crippen LogP contribution in [0.2, 0.25) is 0 Å². The van der Waals surface area contributed by atoms with Crippen LogP contribution in [0.5, 0.6) is 0 Å². The summed E-state index contributed by atoms with van der Waals surface area (Å²) in [4.78, 5) is 10.6. The maximum absolute atomic E-state index is 10.6. The quantitative estimate of drug-likeness (QED) is 0.664. The molecule has 2 rings (SSSR count). The van der Waals surface area contributed by atoms with Crippen LogP contribution in [0.25, 0.3) is 0 Å². The molecule has 0 aliphatic heterocycles. The van der Waals surface area contributed by atoms with E-state index in [-0.39, 0.29) is 0 Å². The third kappa shape index (κ3) is 1.87. The van der Waals surface area contributed by atoms with E-state index in [9.17, 15) is 4.79 Å². The number of hydrogen-bond donors (Lipinski definition) is 0. The Bertz CT molecular complexity index is 326. The minimum Gasteiger partial charge on any atom is -0.303 e. The van der Waals surface area contributed by atoms with E-state index in [1.807, 2.05) is 0 Å². The Labute approximate surface area is 85.1 Å². The number of rotatable bonds is 4. The molecule has 1 aliphatic rings. The molecule has 1 aromatic rings. The van der Waals surface area contributed by atoms with Gasteiger partial charge in [-0.05, 0) is 42.7 Å². The van der Waals surface area contributed by atoms with Crippen molar-refractivity contribution < 1.29 is 4.79 Å². The second-order valence-electron chi connectivity index (χ2n) is 4.20. The van der Waals surface area contributed by atoms with Gasteiger partial charge in [0.2, 0.25) is 0 Å². The Hall–Kier alpha value is -1.11. The summed E-state index contributed by atoms with van der Waals surface area (Å²) >= 11 is 0. The first-order valence-electron chi connectivity index (χ1n) is 5.32. The van der Waals surface area contributed by atoms with E-state index in [4.69, 9.17) is 0 Å². The summed E-state index contributed by atoms with van der Waals surface area (Å²) in [6.45, 7) is 2.13. The van der Waals surface area contributed by atoms with Crippen LogP contribution < -0.4 is 0 Å². The third-order valence-corrected chi connectivity index (χ3v) is 3.13. The molecule has 1 atom stereocenters. The van der Waals surface area contributed by atoms with Gasteiger partial charge in [0.1, 0.15) is 6.29 Å². The molecule has 14 heavy (non-hydrogen) atoms. The van der Waals surface area contributed by atoms with Crippen molar-refractivity contribution in [1.82, 2.24) is 0 Å². The number of carbonyl (C=O) groups excluding carboxylic acids is 1. The molecular formula is C13H16O. The summed E-state index contributed by atoms with van der Waals surface area (Å²) in [6.07, 6.45) is 4.35. The maximum atomic E-state index is 10.6. The lowest BCUT2D eigenvalue weighted by molar-refractivity contribution is -0.108. The highest BCUT2D eigenvalue weighted by Gasteiger charge is 2.32. The maximum Gasteiger partial charge on any atom is 0.120 e. The average molecular weight is 188 g/mol. The lowest BCUT2D eigenvalue weighted by Crippen LogP contribution is -2.03. The molecule has 0 spiro atoms. The molecule has 0 radical (unpaired) electrons. The van der Waals surface area contributed by atoms with Crippen LogP contribution in [-0.4, -0.2) is 6.29 Å². The Morgan fingerprint density at radius 2 is 2.14 bits per heavy atom. The van der Waals surface area contributed by atoms with Crippen molar-refractivity contribution in [2.24, 2.45) is 5.92 Å². The van der Waals surface area contributed by atoms with Crippen LogP contribution in [0.3, 0.4) is 0 Å². The molecule has 1 heteroatoms. The molecule has 1 saturated carbocycles. The first kappa shape index (κ1) is 9.45. The van der Waals surface area contributed by atoms with Gasteiger partial charge in [-0.3, -0.25) is 0 Å². The molecule has 0 amide bonds. The van der Waals surface area contributed by atoms with E-state index in [1.54, 1.807) is 0 Å². The van der Waals surface area contributed by atoms with Crippen LogP contribution in [-0.2, 0) is 4.79 Å². The van der Waals surface area contributed by atoms with Crippen molar-refractivity contribution in [1.29, 1.82) is 0 Å². The smallest absolute Gasteiger partial charge is 0.120 e. The Morgan fingerprint density at radius 3 is 2.71 bits per heavy atom. The Kier molecular flexibility index (Phi) is 2.67. The fourth-order valence-corrected chi connectivity index (χ4v) is 2.18. The fraction of sp³-hybridized carbons (Fsp3) is 0.462. The number of benzene rings is 1. The van der Waals surface area contributed by atoms with E-state index in [2.05, 4.69) is 31.2 Å². The zero-order chi connectivity index (χ0) is 9.97. The first-order chi connectivity index (χ1) is 6.83. The largest absolute Gasteiger partial charge is 0.303 e. The van der Waals surface area contributed by atoms with Crippen LogP contribution >= 0.6 is 0 Å². The van der Waals surface area contributed by atoms with E-state index in [1.165, 1.54) is 24.0 Å². The van der Waals surface area contributed by atoms with Crippen molar-refractivity contribution in [2.45, 2.75) is 32.1 Å². The van der Waals surface area contributed by atoms with Crippen molar-refractivity contribution in [3.8, 4) is 0 Å².